The van der Waals surface area contributed by atoms with Crippen molar-refractivity contribution in [3.63, 3.8) is 0 Å². The van der Waals surface area contributed by atoms with E-state index in [4.69, 9.17) is 26.4 Å². The molecule has 0 aromatic heterocycles. The molecule has 27 heavy (non-hydrogen) atoms. The summed E-state index contributed by atoms with van der Waals surface area (Å²) in [5.74, 6) is 1.27. The number of anilines is 1. The van der Waals surface area contributed by atoms with Gasteiger partial charge in [-0.2, -0.15) is 0 Å². The largest absolute Gasteiger partial charge is 0.508 e. The molecule has 1 heterocycles. The molecule has 0 bridgehead atoms. The quantitative estimate of drug-likeness (QED) is 0.601. The normalized spacial score (nSPS) is 15.4. The van der Waals surface area contributed by atoms with Crippen molar-refractivity contribution in [1.29, 1.82) is 0 Å². The van der Waals surface area contributed by atoms with Gasteiger partial charge in [-0.1, -0.05) is 30.0 Å². The van der Waals surface area contributed by atoms with E-state index in [1.165, 1.54) is 50.1 Å². The third-order valence-electron chi connectivity index (χ3n) is 3.87. The molecule has 2 aromatic carbocycles. The Balaban J connectivity index is 1.99. The van der Waals surface area contributed by atoms with Gasteiger partial charge < -0.3 is 19.3 Å². The molecular formula is C19H17NO5S2. The molecule has 1 aliphatic rings. The van der Waals surface area contributed by atoms with Crippen molar-refractivity contribution in [2.24, 2.45) is 0 Å². The first-order valence-corrected chi connectivity index (χ1v) is 9.08. The molecule has 6 nitrogen and oxygen atoms in total. The van der Waals surface area contributed by atoms with E-state index < -0.39 is 0 Å². The first-order chi connectivity index (χ1) is 13.0. The molecule has 8 heteroatoms. The van der Waals surface area contributed by atoms with Crippen molar-refractivity contribution in [3.8, 4) is 23.0 Å². The summed E-state index contributed by atoms with van der Waals surface area (Å²) >= 11 is 6.54. The topological polar surface area (TPSA) is 68.2 Å². The van der Waals surface area contributed by atoms with Gasteiger partial charge in [-0.05, 0) is 35.9 Å². The van der Waals surface area contributed by atoms with Crippen molar-refractivity contribution < 1.29 is 24.1 Å². The molecule has 1 aliphatic heterocycles. The van der Waals surface area contributed by atoms with Crippen LogP contribution >= 0.6 is 24.0 Å². The number of methoxy groups -OCH3 is 3. The fourth-order valence-electron chi connectivity index (χ4n) is 2.66. The van der Waals surface area contributed by atoms with E-state index in [1.54, 1.807) is 30.3 Å². The summed E-state index contributed by atoms with van der Waals surface area (Å²) in [6.07, 6.45) is 1.71. The van der Waals surface area contributed by atoms with E-state index >= 15 is 0 Å². The summed E-state index contributed by atoms with van der Waals surface area (Å²) in [6.45, 7) is 0. The molecule has 2 aromatic rings. The second kappa shape index (κ2) is 7.89. The summed E-state index contributed by atoms with van der Waals surface area (Å²) in [5.41, 5.74) is 1.23. The summed E-state index contributed by atoms with van der Waals surface area (Å²) < 4.78 is 16.4. The molecule has 1 saturated heterocycles. The standard InChI is InChI=1S/C19H17NO5S2/c1-23-14-7-11(8-15(24-2)17(14)25-3)9-16-18(22)20(19(26)27-16)12-5-4-6-13(21)10-12/h4-10,21H,1-3H3/b16-9+. The highest BCUT2D eigenvalue weighted by Gasteiger charge is 2.33. The van der Waals surface area contributed by atoms with Crippen LogP contribution in [0.25, 0.3) is 6.08 Å². The predicted octanol–water partition coefficient (Wildman–Crippen LogP) is 3.82. The molecule has 1 N–H and O–H groups in total. The SMILES string of the molecule is COc1cc(/C=C2/SC(=S)N(c3cccc(O)c3)C2=O)cc(OC)c1OC. The third-order valence-corrected chi connectivity index (χ3v) is 5.17. The van der Waals surface area contributed by atoms with Gasteiger partial charge in [-0.3, -0.25) is 9.69 Å². The number of rotatable bonds is 5. The number of benzene rings is 2. The smallest absolute Gasteiger partial charge is 0.270 e. The number of hydrogen-bond donors (Lipinski definition) is 1. The highest BCUT2D eigenvalue weighted by molar-refractivity contribution is 8.27. The van der Waals surface area contributed by atoms with Gasteiger partial charge in [0, 0.05) is 6.07 Å². The van der Waals surface area contributed by atoms with E-state index in [9.17, 15) is 9.90 Å². The average molecular weight is 403 g/mol. The zero-order valence-electron chi connectivity index (χ0n) is 14.9. The zero-order chi connectivity index (χ0) is 19.6. The van der Waals surface area contributed by atoms with Gasteiger partial charge in [0.1, 0.15) is 5.75 Å². The lowest BCUT2D eigenvalue weighted by molar-refractivity contribution is -0.113. The highest BCUT2D eigenvalue weighted by Crippen LogP contribution is 2.41. The van der Waals surface area contributed by atoms with Crippen LogP contribution < -0.4 is 19.1 Å². The first kappa shape index (κ1) is 19.1. The summed E-state index contributed by atoms with van der Waals surface area (Å²) in [4.78, 5) is 14.7. The van der Waals surface area contributed by atoms with Crippen LogP contribution in [0.2, 0.25) is 0 Å². The van der Waals surface area contributed by atoms with Crippen LogP contribution in [0.15, 0.2) is 41.3 Å². The van der Waals surface area contributed by atoms with Crippen LogP contribution in [-0.4, -0.2) is 36.7 Å². The number of carbonyl (C=O) groups is 1. The highest BCUT2D eigenvalue weighted by atomic mass is 32.2. The van der Waals surface area contributed by atoms with E-state index in [2.05, 4.69) is 0 Å². The molecule has 1 amide bonds. The van der Waals surface area contributed by atoms with Crippen molar-refractivity contribution in [2.45, 2.75) is 0 Å². The Kier molecular flexibility index (Phi) is 5.57. The Bertz CT molecular complexity index is 916. The Labute approximate surface area is 166 Å². The number of phenolic OH excluding ortho intramolecular Hbond substituents is 1. The molecule has 0 atom stereocenters. The number of thioether (sulfide) groups is 1. The van der Waals surface area contributed by atoms with Crippen molar-refractivity contribution in [1.82, 2.24) is 0 Å². The molecule has 0 radical (unpaired) electrons. The molecule has 0 aliphatic carbocycles. The monoisotopic (exact) mass is 403 g/mol. The second-order valence-electron chi connectivity index (χ2n) is 5.50. The lowest BCUT2D eigenvalue weighted by Gasteiger charge is -2.14. The molecule has 140 valence electrons. The van der Waals surface area contributed by atoms with Gasteiger partial charge in [0.25, 0.3) is 5.91 Å². The van der Waals surface area contributed by atoms with E-state index in [0.29, 0.717) is 37.7 Å². The predicted molar refractivity (Wildman–Crippen MR) is 110 cm³/mol. The number of thiocarbonyl (C=S) groups is 1. The van der Waals surface area contributed by atoms with Gasteiger partial charge in [0.15, 0.2) is 15.8 Å². The van der Waals surface area contributed by atoms with E-state index in [-0.39, 0.29) is 11.7 Å². The van der Waals surface area contributed by atoms with Crippen LogP contribution in [0.1, 0.15) is 5.56 Å². The van der Waals surface area contributed by atoms with Crippen LogP contribution in [0.5, 0.6) is 23.0 Å². The Morgan fingerprint density at radius 1 is 1.07 bits per heavy atom. The average Bonchev–Trinajstić information content (AvgIpc) is 2.94. The first-order valence-electron chi connectivity index (χ1n) is 7.85. The molecular weight excluding hydrogens is 386 g/mol. The fraction of sp³-hybridized carbons (Fsp3) is 0.158. The number of aromatic hydroxyl groups is 1. The number of amides is 1. The molecule has 0 unspecified atom stereocenters. The van der Waals surface area contributed by atoms with Crippen LogP contribution in [-0.2, 0) is 4.79 Å². The van der Waals surface area contributed by atoms with Gasteiger partial charge in [-0.15, -0.1) is 0 Å². The number of phenols is 1. The summed E-state index contributed by atoms with van der Waals surface area (Å²) in [6, 6.07) is 9.91. The lowest BCUT2D eigenvalue weighted by atomic mass is 10.1. The number of carbonyl (C=O) groups excluding carboxylic acids is 1. The minimum absolute atomic E-state index is 0.0650. The summed E-state index contributed by atoms with van der Waals surface area (Å²) in [5, 5.41) is 9.67. The van der Waals surface area contributed by atoms with Gasteiger partial charge in [0.05, 0.1) is 31.9 Å². The molecule has 3 rings (SSSR count). The van der Waals surface area contributed by atoms with Crippen LogP contribution in [0, 0.1) is 0 Å². The van der Waals surface area contributed by atoms with Crippen LogP contribution in [0.3, 0.4) is 0 Å². The maximum absolute atomic E-state index is 12.8. The minimum atomic E-state index is -0.260. The Hall–Kier alpha value is -2.71. The maximum Gasteiger partial charge on any atom is 0.270 e. The minimum Gasteiger partial charge on any atom is -0.508 e. The van der Waals surface area contributed by atoms with Crippen molar-refractivity contribution in [2.75, 3.05) is 26.2 Å². The van der Waals surface area contributed by atoms with E-state index in [1.807, 2.05) is 0 Å². The zero-order valence-corrected chi connectivity index (χ0v) is 16.5. The molecule has 1 fully saturated rings. The van der Waals surface area contributed by atoms with Crippen molar-refractivity contribution >= 4 is 46.0 Å². The van der Waals surface area contributed by atoms with Crippen LogP contribution in [0.4, 0.5) is 5.69 Å². The molecule has 0 spiro atoms. The Morgan fingerprint density at radius 2 is 1.74 bits per heavy atom. The number of ether oxygens (including phenoxy) is 3. The third kappa shape index (κ3) is 3.72. The maximum atomic E-state index is 12.8. The van der Waals surface area contributed by atoms with Gasteiger partial charge >= 0.3 is 0 Å². The number of nitrogens with zero attached hydrogens (tertiary/aromatic N) is 1. The second-order valence-corrected chi connectivity index (χ2v) is 7.17. The van der Waals surface area contributed by atoms with E-state index in [0.717, 1.165) is 0 Å². The molecule has 0 saturated carbocycles. The summed E-state index contributed by atoms with van der Waals surface area (Å²) in [7, 11) is 4.59. The van der Waals surface area contributed by atoms with Crippen molar-refractivity contribution in [3.05, 3.63) is 46.9 Å². The number of hydrogen-bond acceptors (Lipinski definition) is 7. The lowest BCUT2D eigenvalue weighted by Crippen LogP contribution is -2.27. The Morgan fingerprint density at radius 3 is 2.30 bits per heavy atom. The van der Waals surface area contributed by atoms with Gasteiger partial charge in [-0.25, -0.2) is 0 Å². The van der Waals surface area contributed by atoms with Gasteiger partial charge in [0.2, 0.25) is 5.75 Å². The fourth-order valence-corrected chi connectivity index (χ4v) is 3.96.